The molecule has 7 atom stereocenters. The number of likely N-dealkylation sites (tertiary alicyclic amines) is 1. The Morgan fingerprint density at radius 2 is 1.54 bits per heavy atom. The van der Waals surface area contributed by atoms with E-state index in [-0.39, 0.29) is 35.2 Å². The van der Waals surface area contributed by atoms with Crippen molar-refractivity contribution in [2.45, 2.75) is 141 Å². The van der Waals surface area contributed by atoms with Crippen LogP contribution in [0, 0.1) is 23.2 Å². The van der Waals surface area contributed by atoms with Crippen LogP contribution in [0.4, 0.5) is 0 Å². The molecule has 15 heteroatoms. The van der Waals surface area contributed by atoms with Gasteiger partial charge < -0.3 is 36.4 Å². The molecule has 1 aromatic rings. The summed E-state index contributed by atoms with van der Waals surface area (Å²) >= 11 is 0. The van der Waals surface area contributed by atoms with Crippen molar-refractivity contribution in [2.75, 3.05) is 6.54 Å². The van der Waals surface area contributed by atoms with Crippen molar-refractivity contribution >= 4 is 35.5 Å². The van der Waals surface area contributed by atoms with Crippen LogP contribution in [0.3, 0.4) is 0 Å². The summed E-state index contributed by atoms with van der Waals surface area (Å²) in [6.45, 7) is 7.76. The van der Waals surface area contributed by atoms with Crippen molar-refractivity contribution in [3.05, 3.63) is 23.8 Å². The molecular weight excluding hydrogens is 670 g/mol. The minimum absolute atomic E-state index is 0.0527. The molecule has 6 N–H and O–H groups in total. The topological polar surface area (TPSA) is 220 Å². The minimum atomic E-state index is -1.43. The van der Waals surface area contributed by atoms with Crippen molar-refractivity contribution in [2.24, 2.45) is 23.2 Å². The molecule has 3 saturated carbocycles. The van der Waals surface area contributed by atoms with Crippen molar-refractivity contribution in [1.29, 1.82) is 0 Å². The fourth-order valence-electron chi connectivity index (χ4n) is 8.14. The monoisotopic (exact) mass is 725 g/mol. The first kappa shape index (κ1) is 39.1. The number of aliphatic hydroxyl groups is 1. The lowest BCUT2D eigenvalue weighted by molar-refractivity contribution is -0.146. The summed E-state index contributed by atoms with van der Waals surface area (Å²) in [6, 6.07) is -3.65. The number of hydrogen-bond acceptors (Lipinski definition) is 9. The fourth-order valence-corrected chi connectivity index (χ4v) is 8.14. The second-order valence-electron chi connectivity index (χ2n) is 16.2. The summed E-state index contributed by atoms with van der Waals surface area (Å²) in [5.41, 5.74) is -1.25. The quantitative estimate of drug-likeness (QED) is 0.164. The largest absolute Gasteiger partial charge is 0.476 e. The number of carboxylic acid groups (broad SMARTS) is 1. The van der Waals surface area contributed by atoms with Gasteiger partial charge in [0.25, 0.3) is 11.8 Å². The van der Waals surface area contributed by atoms with Gasteiger partial charge in [0.05, 0.1) is 18.4 Å². The summed E-state index contributed by atoms with van der Waals surface area (Å²) < 4.78 is 0. The van der Waals surface area contributed by atoms with Crippen LogP contribution >= 0.6 is 0 Å². The minimum Gasteiger partial charge on any atom is -0.476 e. The SMILES string of the molecule is CCC[C@H](NC(=O)[C@@H]1[C@H]2CCC[C@H]2CN1C(=O)[C@@H](NC(=O)[C@@H](NC(=O)c1cnc(C(=O)O)cn1)C1CCCCC1)C(C)(C)C)C(O)C(=O)NC1CC1. The maximum atomic E-state index is 14.6. The Balaban J connectivity index is 1.35. The second kappa shape index (κ2) is 16.7. The van der Waals surface area contributed by atoms with Crippen molar-refractivity contribution in [3.8, 4) is 0 Å². The maximum Gasteiger partial charge on any atom is 0.356 e. The first-order valence-electron chi connectivity index (χ1n) is 19.0. The molecule has 5 amide bonds. The molecule has 3 aliphatic carbocycles. The van der Waals surface area contributed by atoms with E-state index < -0.39 is 71.2 Å². The summed E-state index contributed by atoms with van der Waals surface area (Å²) in [5, 5.41) is 31.6. The average molecular weight is 726 g/mol. The molecular formula is C37H55N7O8. The van der Waals surface area contributed by atoms with Gasteiger partial charge in [0, 0.05) is 12.6 Å². The molecule has 0 aromatic carbocycles. The van der Waals surface area contributed by atoms with Gasteiger partial charge >= 0.3 is 5.97 Å². The molecule has 4 fully saturated rings. The van der Waals surface area contributed by atoms with Crippen LogP contribution in [0.1, 0.15) is 126 Å². The molecule has 1 unspecified atom stereocenters. The van der Waals surface area contributed by atoms with Crippen LogP contribution in [0.5, 0.6) is 0 Å². The zero-order valence-corrected chi connectivity index (χ0v) is 30.7. The van der Waals surface area contributed by atoms with Gasteiger partial charge in [0.2, 0.25) is 17.7 Å². The molecule has 0 radical (unpaired) electrons. The Labute approximate surface area is 304 Å². The standard InChI is InChI=1S/C37H55N7O8/c1-5-10-24(29(45)34(49)40-22-15-16-22)41-33(48)28-23-14-9-13-21(23)19-44(28)35(50)30(37(2,3)4)43-32(47)27(20-11-7-6-8-12-20)42-31(46)25-17-39-26(18-38-25)36(51)52/h17-18,20-24,27-30,45H,5-16,19H2,1-4H3,(H,40,49)(H,41,48)(H,42,46)(H,43,47)(H,51,52)/t21-,23-,24-,27-,28-,29?,30+/m0/s1. The highest BCUT2D eigenvalue weighted by Gasteiger charge is 2.52. The third kappa shape index (κ3) is 9.25. The lowest BCUT2D eigenvalue weighted by Gasteiger charge is -2.38. The van der Waals surface area contributed by atoms with Gasteiger partial charge in [-0.05, 0) is 68.1 Å². The maximum absolute atomic E-state index is 14.6. The van der Waals surface area contributed by atoms with Crippen LogP contribution in [0.15, 0.2) is 12.4 Å². The lowest BCUT2D eigenvalue weighted by Crippen LogP contribution is -2.62. The van der Waals surface area contributed by atoms with E-state index in [0.29, 0.717) is 32.2 Å². The molecule has 52 heavy (non-hydrogen) atoms. The highest BCUT2D eigenvalue weighted by Crippen LogP contribution is 2.43. The zero-order chi connectivity index (χ0) is 37.7. The van der Waals surface area contributed by atoms with E-state index in [1.54, 1.807) is 4.90 Å². The Bertz CT molecular complexity index is 1490. The second-order valence-corrected chi connectivity index (χ2v) is 16.2. The number of rotatable bonds is 14. The summed E-state index contributed by atoms with van der Waals surface area (Å²) in [4.78, 5) is 89.6. The first-order chi connectivity index (χ1) is 24.7. The van der Waals surface area contributed by atoms with Crippen LogP contribution in [0.25, 0.3) is 0 Å². The number of fused-ring (bicyclic) bond motifs is 1. The van der Waals surface area contributed by atoms with Crippen LogP contribution in [-0.2, 0) is 19.2 Å². The molecule has 5 rings (SSSR count). The van der Waals surface area contributed by atoms with Gasteiger partial charge in [-0.3, -0.25) is 24.0 Å². The van der Waals surface area contributed by atoms with Gasteiger partial charge in [0.15, 0.2) is 11.8 Å². The van der Waals surface area contributed by atoms with E-state index in [1.807, 2.05) is 27.7 Å². The summed E-state index contributed by atoms with van der Waals surface area (Å²) in [6.07, 6.45) is 10.0. The number of carboxylic acids is 1. The molecule has 0 bridgehead atoms. The Kier molecular flexibility index (Phi) is 12.5. The lowest BCUT2D eigenvalue weighted by atomic mass is 9.82. The van der Waals surface area contributed by atoms with Crippen LogP contribution < -0.4 is 21.3 Å². The number of aliphatic hydroxyl groups excluding tert-OH is 1. The predicted octanol–water partition coefficient (Wildman–Crippen LogP) is 1.94. The molecule has 1 aliphatic heterocycles. The van der Waals surface area contributed by atoms with E-state index in [0.717, 1.165) is 63.8 Å². The van der Waals surface area contributed by atoms with E-state index in [1.165, 1.54) is 0 Å². The third-order valence-corrected chi connectivity index (χ3v) is 11.1. The number of nitrogens with one attached hydrogen (secondary N) is 4. The van der Waals surface area contributed by atoms with Gasteiger partial charge in [-0.1, -0.05) is 59.8 Å². The summed E-state index contributed by atoms with van der Waals surface area (Å²) in [5.74, 6) is -4.03. The van der Waals surface area contributed by atoms with E-state index >= 15 is 0 Å². The van der Waals surface area contributed by atoms with Crippen LogP contribution in [0.2, 0.25) is 0 Å². The third-order valence-electron chi connectivity index (χ3n) is 11.1. The smallest absolute Gasteiger partial charge is 0.356 e. The number of aromatic carboxylic acids is 1. The summed E-state index contributed by atoms with van der Waals surface area (Å²) in [7, 11) is 0. The molecule has 2 heterocycles. The average Bonchev–Trinajstić information content (AvgIpc) is 3.68. The Morgan fingerprint density at radius 3 is 2.13 bits per heavy atom. The fraction of sp³-hybridized carbons (Fsp3) is 0.730. The number of nitrogens with zero attached hydrogens (tertiary/aromatic N) is 3. The van der Waals surface area contributed by atoms with Crippen LogP contribution in [-0.4, -0.2) is 103 Å². The normalized spacial score (nSPS) is 24.2. The highest BCUT2D eigenvalue weighted by molar-refractivity contribution is 5.98. The molecule has 0 spiro atoms. The number of aromatic nitrogens is 2. The molecule has 1 saturated heterocycles. The van der Waals surface area contributed by atoms with Gasteiger partial charge in [-0.25, -0.2) is 14.8 Å². The van der Waals surface area contributed by atoms with Crippen molar-refractivity contribution in [3.63, 3.8) is 0 Å². The number of carbonyl (C=O) groups is 6. The molecule has 15 nitrogen and oxygen atoms in total. The van der Waals surface area contributed by atoms with Gasteiger partial charge in [-0.2, -0.15) is 0 Å². The first-order valence-corrected chi connectivity index (χ1v) is 19.0. The Morgan fingerprint density at radius 1 is 0.865 bits per heavy atom. The van der Waals surface area contributed by atoms with Crippen molar-refractivity contribution in [1.82, 2.24) is 36.1 Å². The Hall–Kier alpha value is -4.14. The van der Waals surface area contributed by atoms with Gasteiger partial charge in [0.1, 0.15) is 23.8 Å². The zero-order valence-electron chi connectivity index (χ0n) is 30.7. The number of carbonyl (C=O) groups excluding carboxylic acids is 5. The highest BCUT2D eigenvalue weighted by atomic mass is 16.4. The van der Waals surface area contributed by atoms with E-state index in [9.17, 15) is 33.9 Å². The van der Waals surface area contributed by atoms with Crippen molar-refractivity contribution < 1.29 is 39.0 Å². The molecule has 1 aromatic heterocycles. The number of amides is 5. The predicted molar refractivity (Wildman–Crippen MR) is 189 cm³/mol. The molecule has 286 valence electrons. The van der Waals surface area contributed by atoms with Gasteiger partial charge in [-0.15, -0.1) is 0 Å². The number of hydrogen-bond donors (Lipinski definition) is 6. The molecule has 4 aliphatic rings. The van der Waals surface area contributed by atoms with E-state index in [4.69, 9.17) is 5.11 Å². The van der Waals surface area contributed by atoms with E-state index in [2.05, 4.69) is 31.2 Å².